The van der Waals surface area contributed by atoms with E-state index >= 15 is 0 Å². The van der Waals surface area contributed by atoms with Gasteiger partial charge in [0.25, 0.3) is 0 Å². The molecule has 2 N–H and O–H groups in total. The van der Waals surface area contributed by atoms with Crippen molar-refractivity contribution in [3.8, 4) is 11.8 Å². The number of aromatic nitrogens is 3. The fourth-order valence-corrected chi connectivity index (χ4v) is 3.08. The van der Waals surface area contributed by atoms with Crippen LogP contribution in [0, 0.1) is 17.2 Å². The van der Waals surface area contributed by atoms with Crippen molar-refractivity contribution in [1.29, 1.82) is 5.26 Å². The zero-order chi connectivity index (χ0) is 21.6. The molecule has 4 rings (SSSR count). The molecule has 8 nitrogen and oxygen atoms in total. The van der Waals surface area contributed by atoms with E-state index in [0.29, 0.717) is 30.2 Å². The molecule has 0 saturated heterocycles. The summed E-state index contributed by atoms with van der Waals surface area (Å²) in [5.41, 5.74) is 2.48. The Kier molecular flexibility index (Phi) is 6.03. The van der Waals surface area contributed by atoms with Crippen LogP contribution in [0.25, 0.3) is 23.1 Å². The summed E-state index contributed by atoms with van der Waals surface area (Å²) in [6.45, 7) is 0.377. The molecule has 1 saturated carbocycles. The van der Waals surface area contributed by atoms with Gasteiger partial charge in [-0.3, -0.25) is 4.79 Å². The molecule has 0 radical (unpaired) electrons. The van der Waals surface area contributed by atoms with Crippen LogP contribution in [0.5, 0.6) is 5.75 Å². The maximum absolute atomic E-state index is 12.1. The van der Waals surface area contributed by atoms with E-state index in [1.54, 1.807) is 13.2 Å². The molecule has 8 heteroatoms. The van der Waals surface area contributed by atoms with Gasteiger partial charge in [0.05, 0.1) is 12.5 Å². The van der Waals surface area contributed by atoms with Crippen LogP contribution >= 0.6 is 0 Å². The van der Waals surface area contributed by atoms with Gasteiger partial charge >= 0.3 is 0 Å². The Bertz CT molecular complexity index is 1160. The highest BCUT2D eigenvalue weighted by atomic mass is 16.5. The molecule has 31 heavy (non-hydrogen) atoms. The maximum atomic E-state index is 12.1. The van der Waals surface area contributed by atoms with Crippen molar-refractivity contribution in [2.24, 2.45) is 5.92 Å². The molecule has 0 bridgehead atoms. The minimum absolute atomic E-state index is 0.00860. The number of nitriles is 1. The second-order valence-corrected chi connectivity index (χ2v) is 7.23. The molecule has 3 aromatic rings. The van der Waals surface area contributed by atoms with E-state index in [-0.39, 0.29) is 11.8 Å². The van der Waals surface area contributed by atoms with Crippen LogP contribution < -0.4 is 15.4 Å². The minimum atomic E-state index is -0.00860. The van der Waals surface area contributed by atoms with Gasteiger partial charge in [0, 0.05) is 30.1 Å². The number of fused-ring (bicyclic) bond motifs is 1. The third-order valence-corrected chi connectivity index (χ3v) is 4.92. The smallest absolute Gasteiger partial charge is 0.228 e. The third kappa shape index (κ3) is 4.95. The fraction of sp³-hybridized carbons (Fsp3) is 0.261. The van der Waals surface area contributed by atoms with Crippen LogP contribution in [0.2, 0.25) is 0 Å². The van der Waals surface area contributed by atoms with Crippen molar-refractivity contribution in [3.05, 3.63) is 47.7 Å². The quantitative estimate of drug-likeness (QED) is 0.538. The first-order chi connectivity index (χ1) is 15.2. The van der Waals surface area contributed by atoms with E-state index in [2.05, 4.69) is 31.9 Å². The molecule has 2 aromatic heterocycles. The second-order valence-electron chi connectivity index (χ2n) is 7.23. The monoisotopic (exact) mass is 414 g/mol. The second kappa shape index (κ2) is 9.22. The van der Waals surface area contributed by atoms with Gasteiger partial charge in [-0.2, -0.15) is 5.26 Å². The van der Waals surface area contributed by atoms with Crippen molar-refractivity contribution in [1.82, 2.24) is 15.2 Å². The number of ether oxygens (including phenoxy) is 1. The number of nitrogens with one attached hydrogen (secondary N) is 2. The van der Waals surface area contributed by atoms with Crippen molar-refractivity contribution >= 4 is 40.6 Å². The van der Waals surface area contributed by atoms with Crippen LogP contribution in [0.4, 0.5) is 11.6 Å². The predicted molar refractivity (Wildman–Crippen MR) is 119 cm³/mol. The summed E-state index contributed by atoms with van der Waals surface area (Å²) >= 11 is 0. The first-order valence-electron chi connectivity index (χ1n) is 10.1. The number of carbonyl (C=O) groups excluding carboxylic acids is 1. The molecular formula is C23H22N6O2. The first-order valence-corrected chi connectivity index (χ1v) is 10.1. The highest BCUT2D eigenvalue weighted by Gasteiger charge is 2.30. The lowest BCUT2D eigenvalue weighted by atomic mass is 10.1. The van der Waals surface area contributed by atoms with Crippen molar-refractivity contribution in [2.75, 3.05) is 24.3 Å². The summed E-state index contributed by atoms with van der Waals surface area (Å²) in [7, 11) is 1.78. The Balaban J connectivity index is 1.58. The lowest BCUT2D eigenvalue weighted by Crippen LogP contribution is -2.14. The molecule has 1 aliphatic rings. The average Bonchev–Trinajstić information content (AvgIpc) is 3.64. The molecule has 1 fully saturated rings. The molecule has 156 valence electrons. The number of amides is 1. The molecule has 1 aliphatic carbocycles. The molecule has 2 heterocycles. The fourth-order valence-electron chi connectivity index (χ4n) is 3.08. The lowest BCUT2D eigenvalue weighted by molar-refractivity contribution is -0.117. The SMILES string of the molecule is CNc1ncc(/C=C/c2ccc(OCCC#N)cc2)c2cc(NC(=O)C3CC3)nnc12. The highest BCUT2D eigenvalue weighted by Crippen LogP contribution is 2.31. The van der Waals surface area contributed by atoms with E-state index in [0.717, 1.165) is 35.1 Å². The average molecular weight is 414 g/mol. The number of hydrogen-bond acceptors (Lipinski definition) is 7. The van der Waals surface area contributed by atoms with Crippen molar-refractivity contribution in [3.63, 3.8) is 0 Å². The molecule has 0 atom stereocenters. The van der Waals surface area contributed by atoms with Crippen LogP contribution in [0.1, 0.15) is 30.4 Å². The van der Waals surface area contributed by atoms with E-state index in [9.17, 15) is 4.79 Å². The lowest BCUT2D eigenvalue weighted by Gasteiger charge is -2.09. The number of benzene rings is 1. The Morgan fingerprint density at radius 3 is 2.77 bits per heavy atom. The normalized spacial score (nSPS) is 13.2. The zero-order valence-electron chi connectivity index (χ0n) is 17.1. The van der Waals surface area contributed by atoms with E-state index in [1.807, 2.05) is 42.5 Å². The summed E-state index contributed by atoms with van der Waals surface area (Å²) in [6.07, 6.45) is 7.90. The van der Waals surface area contributed by atoms with E-state index < -0.39 is 0 Å². The molecule has 1 aromatic carbocycles. The van der Waals surface area contributed by atoms with E-state index in [1.165, 1.54) is 0 Å². The Morgan fingerprint density at radius 2 is 2.06 bits per heavy atom. The molecule has 1 amide bonds. The van der Waals surface area contributed by atoms with Crippen molar-refractivity contribution in [2.45, 2.75) is 19.3 Å². The molecule has 0 aliphatic heterocycles. The molecule has 0 unspecified atom stereocenters. The van der Waals surface area contributed by atoms with Gasteiger partial charge in [0.1, 0.15) is 17.9 Å². The van der Waals surface area contributed by atoms with E-state index in [4.69, 9.17) is 10.00 Å². The summed E-state index contributed by atoms with van der Waals surface area (Å²) < 4.78 is 5.50. The summed E-state index contributed by atoms with van der Waals surface area (Å²) in [4.78, 5) is 16.5. The zero-order valence-corrected chi connectivity index (χ0v) is 17.1. The van der Waals surface area contributed by atoms with Crippen LogP contribution in [0.15, 0.2) is 36.5 Å². The van der Waals surface area contributed by atoms with Gasteiger partial charge in [0.15, 0.2) is 11.6 Å². The highest BCUT2D eigenvalue weighted by molar-refractivity contribution is 5.99. The summed E-state index contributed by atoms with van der Waals surface area (Å²) in [5, 5.41) is 23.7. The number of anilines is 2. The Hall–Kier alpha value is -3.99. The molecule has 0 spiro atoms. The maximum Gasteiger partial charge on any atom is 0.228 e. The Morgan fingerprint density at radius 1 is 1.26 bits per heavy atom. The molecular weight excluding hydrogens is 392 g/mol. The number of hydrogen-bond donors (Lipinski definition) is 2. The predicted octanol–water partition coefficient (Wildman–Crippen LogP) is 3.88. The largest absolute Gasteiger partial charge is 0.493 e. The first kappa shape index (κ1) is 20.3. The number of rotatable bonds is 8. The van der Waals surface area contributed by atoms with Crippen LogP contribution in [-0.2, 0) is 4.79 Å². The minimum Gasteiger partial charge on any atom is -0.493 e. The Labute approximate surface area is 180 Å². The van der Waals surface area contributed by atoms with Gasteiger partial charge in [-0.05, 0) is 36.6 Å². The van der Waals surface area contributed by atoms with Crippen LogP contribution in [-0.4, -0.2) is 34.7 Å². The topological polar surface area (TPSA) is 113 Å². The van der Waals surface area contributed by atoms with Crippen molar-refractivity contribution < 1.29 is 9.53 Å². The van der Waals surface area contributed by atoms with Gasteiger partial charge in [0.2, 0.25) is 5.91 Å². The standard InChI is InChI=1S/C23H22N6O2/c1-25-22-21-19(13-20(28-29-21)27-23(30)16-7-8-16)17(14-26-22)6-3-15-4-9-18(10-5-15)31-12-2-11-24/h3-6,9-10,13-14,16H,2,7-8,12H2,1H3,(H,25,26)(H,27,28,30)/b6-3+. The summed E-state index contributed by atoms with van der Waals surface area (Å²) in [6, 6.07) is 11.5. The van der Waals surface area contributed by atoms with Gasteiger partial charge in [-0.25, -0.2) is 4.98 Å². The number of pyridine rings is 1. The van der Waals surface area contributed by atoms with Gasteiger partial charge < -0.3 is 15.4 Å². The van der Waals surface area contributed by atoms with Gasteiger partial charge in [-0.15, -0.1) is 10.2 Å². The number of nitrogens with zero attached hydrogens (tertiary/aromatic N) is 4. The van der Waals surface area contributed by atoms with Gasteiger partial charge in [-0.1, -0.05) is 24.3 Å². The number of carbonyl (C=O) groups is 1. The summed E-state index contributed by atoms with van der Waals surface area (Å²) in [5.74, 6) is 1.87. The third-order valence-electron chi connectivity index (χ3n) is 4.92. The van der Waals surface area contributed by atoms with Crippen LogP contribution in [0.3, 0.4) is 0 Å².